The van der Waals surface area contributed by atoms with Crippen LogP contribution in [0.2, 0.25) is 4.34 Å². The molecule has 7 heteroatoms. The molecule has 3 rings (SSSR count). The van der Waals surface area contributed by atoms with E-state index in [-0.39, 0.29) is 23.8 Å². The number of rotatable bonds is 3. The van der Waals surface area contributed by atoms with Crippen molar-refractivity contribution in [3.05, 3.63) is 21.3 Å². The maximum Gasteiger partial charge on any atom is 0.236 e. The van der Waals surface area contributed by atoms with Crippen LogP contribution in [0.5, 0.6) is 0 Å². The van der Waals surface area contributed by atoms with E-state index in [9.17, 15) is 9.59 Å². The fourth-order valence-electron chi connectivity index (χ4n) is 3.37. The molecule has 0 bridgehead atoms. The summed E-state index contributed by atoms with van der Waals surface area (Å²) >= 11 is 7.44. The molecule has 5 nitrogen and oxygen atoms in total. The van der Waals surface area contributed by atoms with Crippen molar-refractivity contribution in [1.82, 2.24) is 15.1 Å². The SMILES string of the molecule is CC(C(=O)N1CCCC(N2CCNCC2=O)C1)c1ccc(Cl)s1. The molecule has 0 radical (unpaired) electrons. The highest BCUT2D eigenvalue weighted by Gasteiger charge is 2.33. The maximum atomic E-state index is 12.8. The zero-order valence-electron chi connectivity index (χ0n) is 13.3. The zero-order chi connectivity index (χ0) is 16.4. The molecule has 126 valence electrons. The molecule has 1 N–H and O–H groups in total. The molecule has 2 unspecified atom stereocenters. The smallest absolute Gasteiger partial charge is 0.236 e. The Hall–Kier alpha value is -1.11. The lowest BCUT2D eigenvalue weighted by Gasteiger charge is -2.41. The van der Waals surface area contributed by atoms with Crippen LogP contribution in [0.15, 0.2) is 12.1 Å². The van der Waals surface area contributed by atoms with Crippen LogP contribution in [0.3, 0.4) is 0 Å². The standard InChI is InChI=1S/C16H22ClN3O2S/c1-11(13-4-5-14(17)23-13)16(22)19-7-2-3-12(10-19)20-8-6-18-9-15(20)21/h4-5,11-12,18H,2-3,6-10H2,1H3. The summed E-state index contributed by atoms with van der Waals surface area (Å²) in [4.78, 5) is 29.7. The van der Waals surface area contributed by atoms with E-state index in [2.05, 4.69) is 5.32 Å². The third kappa shape index (κ3) is 3.70. The van der Waals surface area contributed by atoms with Gasteiger partial charge in [-0.1, -0.05) is 11.6 Å². The quantitative estimate of drug-likeness (QED) is 0.901. The predicted octanol–water partition coefficient (Wildman–Crippen LogP) is 1.93. The van der Waals surface area contributed by atoms with Crippen LogP contribution in [-0.4, -0.2) is 60.4 Å². The van der Waals surface area contributed by atoms with Crippen LogP contribution >= 0.6 is 22.9 Å². The van der Waals surface area contributed by atoms with Crippen LogP contribution in [0, 0.1) is 0 Å². The number of piperidine rings is 1. The lowest BCUT2D eigenvalue weighted by molar-refractivity contribution is -0.141. The second-order valence-electron chi connectivity index (χ2n) is 6.21. The maximum absolute atomic E-state index is 12.8. The average Bonchev–Trinajstić information content (AvgIpc) is 3.00. The van der Waals surface area contributed by atoms with Gasteiger partial charge in [0, 0.05) is 37.1 Å². The molecule has 0 saturated carbocycles. The number of carbonyl (C=O) groups is 2. The first kappa shape index (κ1) is 16.7. The number of nitrogens with one attached hydrogen (secondary N) is 1. The molecule has 2 saturated heterocycles. The number of piperazine rings is 1. The molecule has 2 aliphatic heterocycles. The summed E-state index contributed by atoms with van der Waals surface area (Å²) in [5.74, 6) is 0.106. The molecule has 2 aliphatic rings. The van der Waals surface area contributed by atoms with Crippen LogP contribution in [-0.2, 0) is 9.59 Å². The molecular formula is C16H22ClN3O2S. The number of carbonyl (C=O) groups excluding carboxylic acids is 2. The molecule has 23 heavy (non-hydrogen) atoms. The number of likely N-dealkylation sites (tertiary alicyclic amines) is 1. The van der Waals surface area contributed by atoms with E-state index in [1.807, 2.05) is 28.9 Å². The van der Waals surface area contributed by atoms with Gasteiger partial charge in [-0.25, -0.2) is 0 Å². The van der Waals surface area contributed by atoms with Gasteiger partial charge in [-0.2, -0.15) is 0 Å². The Morgan fingerprint density at radius 3 is 2.96 bits per heavy atom. The molecule has 1 aromatic rings. The Balaban J connectivity index is 1.65. The molecular weight excluding hydrogens is 334 g/mol. The van der Waals surface area contributed by atoms with Crippen molar-refractivity contribution in [2.24, 2.45) is 0 Å². The molecule has 0 aliphatic carbocycles. The van der Waals surface area contributed by atoms with Gasteiger partial charge in [0.1, 0.15) is 0 Å². The van der Waals surface area contributed by atoms with Crippen molar-refractivity contribution in [2.45, 2.75) is 31.7 Å². The Kier molecular flexibility index (Phi) is 5.24. The van der Waals surface area contributed by atoms with Crippen LogP contribution in [0.1, 0.15) is 30.6 Å². The Labute approximate surface area is 145 Å². The van der Waals surface area contributed by atoms with Gasteiger partial charge in [0.05, 0.1) is 16.8 Å². The molecule has 2 fully saturated rings. The van der Waals surface area contributed by atoms with E-state index < -0.39 is 0 Å². The summed E-state index contributed by atoms with van der Waals surface area (Å²) in [5, 5.41) is 3.10. The molecule has 0 aromatic carbocycles. The summed E-state index contributed by atoms with van der Waals surface area (Å²) in [6.45, 7) is 5.34. The number of hydrogen-bond acceptors (Lipinski definition) is 4. The van der Waals surface area contributed by atoms with Crippen molar-refractivity contribution in [2.75, 3.05) is 32.7 Å². The van der Waals surface area contributed by atoms with Crippen LogP contribution < -0.4 is 5.32 Å². The van der Waals surface area contributed by atoms with Crippen molar-refractivity contribution in [1.29, 1.82) is 0 Å². The van der Waals surface area contributed by atoms with E-state index in [1.54, 1.807) is 0 Å². The lowest BCUT2D eigenvalue weighted by Crippen LogP contribution is -2.57. The monoisotopic (exact) mass is 355 g/mol. The third-order valence-electron chi connectivity index (χ3n) is 4.67. The van der Waals surface area contributed by atoms with Gasteiger partial charge in [-0.3, -0.25) is 9.59 Å². The Morgan fingerprint density at radius 1 is 1.43 bits per heavy atom. The molecule has 0 spiro atoms. The predicted molar refractivity (Wildman–Crippen MR) is 91.9 cm³/mol. The minimum Gasteiger partial charge on any atom is -0.340 e. The molecule has 1 aromatic heterocycles. The number of halogens is 1. The van der Waals surface area contributed by atoms with Gasteiger partial charge < -0.3 is 15.1 Å². The van der Waals surface area contributed by atoms with Crippen LogP contribution in [0.4, 0.5) is 0 Å². The first-order valence-electron chi connectivity index (χ1n) is 8.10. The van der Waals surface area contributed by atoms with Gasteiger partial charge in [-0.05, 0) is 31.9 Å². The number of nitrogens with zero attached hydrogens (tertiary/aromatic N) is 2. The number of amides is 2. The highest BCUT2D eigenvalue weighted by Crippen LogP contribution is 2.30. The summed E-state index contributed by atoms with van der Waals surface area (Å²) in [6.07, 6.45) is 1.93. The summed E-state index contributed by atoms with van der Waals surface area (Å²) in [6, 6.07) is 3.92. The van der Waals surface area contributed by atoms with Crippen molar-refractivity contribution >= 4 is 34.8 Å². The van der Waals surface area contributed by atoms with Gasteiger partial charge in [0.2, 0.25) is 11.8 Å². The Morgan fingerprint density at radius 2 is 2.26 bits per heavy atom. The number of hydrogen-bond donors (Lipinski definition) is 1. The average molecular weight is 356 g/mol. The first-order valence-corrected chi connectivity index (χ1v) is 9.30. The van der Waals surface area contributed by atoms with Gasteiger partial charge in [-0.15, -0.1) is 11.3 Å². The normalized spacial score (nSPS) is 23.9. The molecule has 2 amide bonds. The topological polar surface area (TPSA) is 52.7 Å². The fraction of sp³-hybridized carbons (Fsp3) is 0.625. The second kappa shape index (κ2) is 7.20. The third-order valence-corrected chi connectivity index (χ3v) is 6.08. The summed E-state index contributed by atoms with van der Waals surface area (Å²) in [7, 11) is 0. The lowest BCUT2D eigenvalue weighted by atomic mass is 10.0. The second-order valence-corrected chi connectivity index (χ2v) is 7.95. The van der Waals surface area contributed by atoms with Gasteiger partial charge in [0.15, 0.2) is 0 Å². The largest absolute Gasteiger partial charge is 0.340 e. The van der Waals surface area contributed by atoms with E-state index in [1.165, 1.54) is 11.3 Å². The summed E-state index contributed by atoms with van der Waals surface area (Å²) in [5.41, 5.74) is 0. The van der Waals surface area contributed by atoms with Crippen molar-refractivity contribution in [3.63, 3.8) is 0 Å². The van der Waals surface area contributed by atoms with Crippen LogP contribution in [0.25, 0.3) is 0 Å². The molecule has 2 atom stereocenters. The van der Waals surface area contributed by atoms with E-state index in [0.29, 0.717) is 17.4 Å². The first-order chi connectivity index (χ1) is 11.1. The number of thiophene rings is 1. The zero-order valence-corrected chi connectivity index (χ0v) is 14.8. The van der Waals surface area contributed by atoms with E-state index >= 15 is 0 Å². The summed E-state index contributed by atoms with van der Waals surface area (Å²) < 4.78 is 0.711. The van der Waals surface area contributed by atoms with Crippen molar-refractivity contribution in [3.8, 4) is 0 Å². The van der Waals surface area contributed by atoms with E-state index in [0.717, 1.165) is 37.4 Å². The Bertz CT molecular complexity index is 592. The molecule has 3 heterocycles. The van der Waals surface area contributed by atoms with Gasteiger partial charge in [0.25, 0.3) is 0 Å². The minimum absolute atomic E-state index is 0.135. The fourth-order valence-corrected chi connectivity index (χ4v) is 4.48. The highest BCUT2D eigenvalue weighted by atomic mass is 35.5. The minimum atomic E-state index is -0.176. The van der Waals surface area contributed by atoms with Gasteiger partial charge >= 0.3 is 0 Å². The highest BCUT2D eigenvalue weighted by molar-refractivity contribution is 7.16. The van der Waals surface area contributed by atoms with E-state index in [4.69, 9.17) is 11.6 Å². The van der Waals surface area contributed by atoms with Crippen molar-refractivity contribution < 1.29 is 9.59 Å².